The summed E-state index contributed by atoms with van der Waals surface area (Å²) in [5.41, 5.74) is 4.47. The fourth-order valence-corrected chi connectivity index (χ4v) is 3.24. The zero-order chi connectivity index (χ0) is 13.7. The molecule has 0 bridgehead atoms. The highest BCUT2D eigenvalue weighted by atomic mass is 33.1. The Morgan fingerprint density at radius 2 is 2.28 bits per heavy atom. The van der Waals surface area contributed by atoms with Gasteiger partial charge in [-0.05, 0) is 22.7 Å². The Labute approximate surface area is 112 Å². The van der Waals surface area contributed by atoms with Crippen LogP contribution in [0.2, 0.25) is 0 Å². The van der Waals surface area contributed by atoms with Gasteiger partial charge in [0.15, 0.2) is 5.17 Å². The lowest BCUT2D eigenvalue weighted by Crippen LogP contribution is -2.42. The van der Waals surface area contributed by atoms with Gasteiger partial charge in [0.25, 0.3) is 0 Å². The summed E-state index contributed by atoms with van der Waals surface area (Å²) in [6.07, 6.45) is 1.31. The number of rotatable bonds is 2. The third kappa shape index (κ3) is 3.47. The van der Waals surface area contributed by atoms with Gasteiger partial charge in [-0.25, -0.2) is 9.59 Å². The van der Waals surface area contributed by atoms with Crippen LogP contribution in [0.5, 0.6) is 0 Å². The molecule has 0 spiro atoms. The van der Waals surface area contributed by atoms with Crippen molar-refractivity contribution < 1.29 is 14.3 Å². The van der Waals surface area contributed by atoms with Crippen LogP contribution in [0, 0.1) is 0 Å². The van der Waals surface area contributed by atoms with Crippen LogP contribution < -0.4 is 5.43 Å². The summed E-state index contributed by atoms with van der Waals surface area (Å²) >= 11 is 0. The zero-order valence-electron chi connectivity index (χ0n) is 10.7. The zero-order valence-corrected chi connectivity index (χ0v) is 12.3. The van der Waals surface area contributed by atoms with E-state index in [2.05, 4.69) is 10.4 Å². The predicted molar refractivity (Wildman–Crippen MR) is 75.7 cm³/mol. The lowest BCUT2D eigenvalue weighted by atomic mass is 10.8. The number of amidine groups is 1. The number of hydrogen-bond donors (Lipinski definition) is 1. The van der Waals surface area contributed by atoms with Crippen molar-refractivity contribution in [3.05, 3.63) is 0 Å². The molecule has 1 heterocycles. The first-order chi connectivity index (χ1) is 8.51. The van der Waals surface area contributed by atoms with Crippen LogP contribution in [0.25, 0.3) is 0 Å². The van der Waals surface area contributed by atoms with Crippen molar-refractivity contribution >= 4 is 43.1 Å². The molecule has 1 atom stereocenters. The van der Waals surface area contributed by atoms with Crippen molar-refractivity contribution in [2.24, 2.45) is 4.99 Å². The van der Waals surface area contributed by atoms with Crippen molar-refractivity contribution in [3.63, 3.8) is 0 Å². The van der Waals surface area contributed by atoms with Crippen molar-refractivity contribution in [1.29, 1.82) is 0 Å². The molecule has 0 aromatic rings. The minimum atomic E-state index is -0.567. The van der Waals surface area contributed by atoms with Gasteiger partial charge in [-0.15, -0.1) is 0 Å². The van der Waals surface area contributed by atoms with Gasteiger partial charge < -0.3 is 9.64 Å². The molecule has 7 nitrogen and oxygen atoms in total. The van der Waals surface area contributed by atoms with E-state index in [4.69, 9.17) is 4.74 Å². The van der Waals surface area contributed by atoms with Gasteiger partial charge >= 0.3 is 12.1 Å². The number of urea groups is 1. The standard InChI is InChI=1S/C9H16N4O3S2/c1-5-16-9(15)13-8(11-7(14)12(2)3)18(17-4)6-10-13/h6,10H,5H2,1-4H3. The van der Waals surface area contributed by atoms with E-state index in [0.29, 0.717) is 5.17 Å². The van der Waals surface area contributed by atoms with Crippen LogP contribution in [0.15, 0.2) is 4.99 Å². The van der Waals surface area contributed by atoms with Crippen LogP contribution in [-0.4, -0.2) is 59.7 Å². The van der Waals surface area contributed by atoms with Crippen LogP contribution in [-0.2, 0) is 4.74 Å². The van der Waals surface area contributed by atoms with Crippen LogP contribution in [0.3, 0.4) is 0 Å². The fraction of sp³-hybridized carbons (Fsp3) is 0.556. The summed E-state index contributed by atoms with van der Waals surface area (Å²) in [7, 11) is 4.24. The molecule has 1 aliphatic heterocycles. The molecule has 0 saturated carbocycles. The summed E-state index contributed by atoms with van der Waals surface area (Å²) in [5, 5.41) is 1.52. The predicted octanol–water partition coefficient (Wildman–Crippen LogP) is 1.31. The Hall–Kier alpha value is -1.06. The quantitative estimate of drug-likeness (QED) is 0.613. The van der Waals surface area contributed by atoms with Crippen molar-refractivity contribution in [3.8, 4) is 0 Å². The highest BCUT2D eigenvalue weighted by Gasteiger charge is 2.28. The molecule has 1 unspecified atom stereocenters. The van der Waals surface area contributed by atoms with E-state index in [0.717, 1.165) is 5.01 Å². The summed E-state index contributed by atoms with van der Waals surface area (Å²) in [6.45, 7) is 1.98. The minimum Gasteiger partial charge on any atom is -0.448 e. The molecule has 9 heteroatoms. The molecule has 1 N–H and O–H groups in total. The maximum atomic E-state index is 11.7. The second-order valence-electron chi connectivity index (χ2n) is 3.32. The molecule has 0 fully saturated rings. The molecule has 0 aliphatic carbocycles. The van der Waals surface area contributed by atoms with Crippen molar-refractivity contribution in [1.82, 2.24) is 15.3 Å². The molecule has 0 saturated heterocycles. The molecule has 0 radical (unpaired) electrons. The van der Waals surface area contributed by atoms with E-state index in [-0.39, 0.29) is 6.61 Å². The van der Waals surface area contributed by atoms with Gasteiger partial charge in [-0.2, -0.15) is 15.4 Å². The molecular formula is C9H16N4O3S2. The van der Waals surface area contributed by atoms with E-state index in [9.17, 15) is 9.59 Å². The largest absolute Gasteiger partial charge is 0.448 e. The Morgan fingerprint density at radius 1 is 1.61 bits per heavy atom. The lowest BCUT2D eigenvalue weighted by molar-refractivity contribution is 0.124. The lowest BCUT2D eigenvalue weighted by Gasteiger charge is -2.17. The number of carbonyl (C=O) groups excluding carboxylic acids is 2. The molecule has 18 heavy (non-hydrogen) atoms. The van der Waals surface area contributed by atoms with Gasteiger partial charge in [-0.3, -0.25) is 0 Å². The van der Waals surface area contributed by atoms with E-state index >= 15 is 0 Å². The van der Waals surface area contributed by atoms with Crippen LogP contribution in [0.4, 0.5) is 9.59 Å². The maximum Gasteiger partial charge on any atom is 0.431 e. The number of ether oxygens (including phenoxy) is 1. The van der Waals surface area contributed by atoms with Gasteiger partial charge in [0.2, 0.25) is 0 Å². The fourth-order valence-electron chi connectivity index (χ4n) is 1.02. The van der Waals surface area contributed by atoms with Gasteiger partial charge in [0.05, 0.1) is 6.61 Å². The average molecular weight is 292 g/mol. The Balaban J connectivity index is 2.95. The molecule has 1 rings (SSSR count). The van der Waals surface area contributed by atoms with Gasteiger partial charge in [-0.1, -0.05) is 10.8 Å². The summed E-state index contributed by atoms with van der Waals surface area (Å²) in [4.78, 5) is 28.6. The number of nitrogens with zero attached hydrogens (tertiary/aromatic N) is 3. The minimum absolute atomic E-state index is 0.263. The Morgan fingerprint density at radius 3 is 2.78 bits per heavy atom. The molecule has 0 aromatic heterocycles. The topological polar surface area (TPSA) is 74.2 Å². The Bertz CT molecular complexity index is 409. The number of hydrogen-bond acceptors (Lipinski definition) is 5. The SMILES string of the molecule is CCOC(=O)N1NC=S(SC)C1=NC(=O)N(C)C. The summed E-state index contributed by atoms with van der Waals surface area (Å²) < 4.78 is 4.88. The first-order valence-corrected chi connectivity index (χ1v) is 8.18. The third-order valence-corrected chi connectivity index (χ3v) is 4.99. The molecular weight excluding hydrogens is 276 g/mol. The first kappa shape index (κ1) is 15.0. The van der Waals surface area contributed by atoms with E-state index in [1.807, 2.05) is 6.26 Å². The number of aliphatic imine (C=N–C) groups is 1. The van der Waals surface area contributed by atoms with Crippen molar-refractivity contribution in [2.75, 3.05) is 27.0 Å². The smallest absolute Gasteiger partial charge is 0.431 e. The number of carbonyl (C=O) groups is 2. The van der Waals surface area contributed by atoms with E-state index in [1.54, 1.807) is 26.5 Å². The highest BCUT2D eigenvalue weighted by Crippen LogP contribution is 2.33. The summed E-state index contributed by atoms with van der Waals surface area (Å²) in [5.74, 6) is 0. The second-order valence-corrected chi connectivity index (χ2v) is 6.92. The van der Waals surface area contributed by atoms with Crippen LogP contribution >= 0.6 is 20.3 Å². The Kier molecular flexibility index (Phi) is 5.63. The van der Waals surface area contributed by atoms with Gasteiger partial charge in [0, 0.05) is 19.6 Å². The van der Waals surface area contributed by atoms with Gasteiger partial charge in [0.1, 0.15) is 0 Å². The van der Waals surface area contributed by atoms with E-state index < -0.39 is 21.6 Å². The van der Waals surface area contributed by atoms with Crippen LogP contribution in [0.1, 0.15) is 6.92 Å². The normalized spacial score (nSPS) is 20.8. The maximum absolute atomic E-state index is 11.7. The van der Waals surface area contributed by atoms with Crippen molar-refractivity contribution in [2.45, 2.75) is 6.92 Å². The molecule has 0 aromatic carbocycles. The molecule has 102 valence electrons. The monoisotopic (exact) mass is 292 g/mol. The first-order valence-electron chi connectivity index (χ1n) is 5.15. The molecule has 3 amide bonds. The molecule has 1 aliphatic rings. The number of nitrogens with one attached hydrogen (secondary N) is 1. The second kappa shape index (κ2) is 6.76. The number of amides is 3. The summed E-state index contributed by atoms with van der Waals surface area (Å²) in [6, 6.07) is -0.414. The van der Waals surface area contributed by atoms with E-state index in [1.165, 1.54) is 15.7 Å². The highest BCUT2D eigenvalue weighted by molar-refractivity contribution is 8.89. The average Bonchev–Trinajstić information content (AvgIpc) is 2.72. The number of hydrazine groups is 1. The third-order valence-electron chi connectivity index (χ3n) is 1.86.